The lowest BCUT2D eigenvalue weighted by atomic mass is 9.72. The van der Waals surface area contributed by atoms with Gasteiger partial charge in [-0.2, -0.15) is 0 Å². The Morgan fingerprint density at radius 3 is 1.74 bits per heavy atom. The van der Waals surface area contributed by atoms with E-state index in [2.05, 4.69) is 4.74 Å². The summed E-state index contributed by atoms with van der Waals surface area (Å²) in [6.07, 6.45) is 2.97. The molecule has 0 bridgehead atoms. The normalized spacial score (nSPS) is 12.9. The molecular weight excluding hydrogens is 583 g/mol. The van der Waals surface area contributed by atoms with Crippen molar-refractivity contribution >= 4 is 30.0 Å². The lowest BCUT2D eigenvalue weighted by molar-refractivity contribution is -0.165. The van der Waals surface area contributed by atoms with Gasteiger partial charge in [-0.15, -0.1) is 0 Å². The van der Waals surface area contributed by atoms with Crippen LogP contribution in [0.15, 0.2) is 36.4 Å². The summed E-state index contributed by atoms with van der Waals surface area (Å²) in [4.78, 5) is 49.3. The average Bonchev–Trinajstić information content (AvgIpc) is 2.98. The van der Waals surface area contributed by atoms with Crippen LogP contribution in [-0.2, 0) is 33.3 Å². The molecule has 0 saturated heterocycles. The minimum absolute atomic E-state index is 0.0435. The topological polar surface area (TPSA) is 105 Å². The fourth-order valence-electron chi connectivity index (χ4n) is 3.94. The fourth-order valence-corrected chi connectivity index (χ4v) is 3.94. The van der Waals surface area contributed by atoms with Crippen LogP contribution in [0.25, 0.3) is 6.08 Å². The summed E-state index contributed by atoms with van der Waals surface area (Å²) >= 11 is 0. The first kappa shape index (κ1) is 34.9. The average molecular weight is 615 g/mol. The molecule has 2 aromatic carbocycles. The Morgan fingerprint density at radius 1 is 0.698 bits per heavy atom. The van der Waals surface area contributed by atoms with E-state index in [1.165, 1.54) is 26.8 Å². The fraction of sp³-hybridized carbons (Fsp3) is 0.400. The maximum Gasteiger partial charge on any atom is 0.344 e. The highest BCUT2D eigenvalue weighted by molar-refractivity contribution is 5.90. The van der Waals surface area contributed by atoms with Gasteiger partial charge in [-0.1, -0.05) is 37.3 Å². The van der Waals surface area contributed by atoms with E-state index in [0.29, 0.717) is 0 Å². The Labute approximate surface area is 244 Å². The summed E-state index contributed by atoms with van der Waals surface area (Å²) in [5.41, 5.74) is -3.41. The van der Waals surface area contributed by atoms with Crippen molar-refractivity contribution in [2.75, 3.05) is 26.4 Å². The first-order chi connectivity index (χ1) is 20.1. The lowest BCUT2D eigenvalue weighted by Gasteiger charge is -2.33. The van der Waals surface area contributed by atoms with Crippen molar-refractivity contribution in [2.24, 2.45) is 10.8 Å². The van der Waals surface area contributed by atoms with E-state index in [4.69, 9.17) is 14.2 Å². The minimum Gasteiger partial charge on any atom is -0.462 e. The number of carbonyl (C=O) groups is 4. The number of ether oxygens (including phenoxy) is 4. The zero-order valence-electron chi connectivity index (χ0n) is 23.9. The van der Waals surface area contributed by atoms with Gasteiger partial charge in [0, 0.05) is 6.08 Å². The van der Waals surface area contributed by atoms with Gasteiger partial charge in [-0.3, -0.25) is 9.59 Å². The second-order valence-electron chi connectivity index (χ2n) is 10.2. The molecule has 0 spiro atoms. The smallest absolute Gasteiger partial charge is 0.344 e. The predicted octanol–water partition coefficient (Wildman–Crippen LogP) is 5.71. The van der Waals surface area contributed by atoms with Gasteiger partial charge in [0.1, 0.15) is 32.0 Å². The lowest BCUT2D eigenvalue weighted by Crippen LogP contribution is -2.39. The summed E-state index contributed by atoms with van der Waals surface area (Å²) in [7, 11) is 0. The molecule has 0 heterocycles. The van der Waals surface area contributed by atoms with Crippen LogP contribution in [0.1, 0.15) is 56.5 Å². The Bertz CT molecular complexity index is 1330. The number of rotatable bonds is 14. The third-order valence-corrected chi connectivity index (χ3v) is 6.39. The molecule has 0 fully saturated rings. The van der Waals surface area contributed by atoms with Crippen LogP contribution in [0, 0.1) is 39.9 Å². The highest BCUT2D eigenvalue weighted by Gasteiger charge is 2.43. The highest BCUT2D eigenvalue weighted by Crippen LogP contribution is 2.38. The van der Waals surface area contributed by atoms with Crippen molar-refractivity contribution in [3.63, 3.8) is 0 Å². The molecule has 1 unspecified atom stereocenters. The minimum atomic E-state index is -2.43. The Morgan fingerprint density at radius 2 is 1.19 bits per heavy atom. The van der Waals surface area contributed by atoms with E-state index in [9.17, 15) is 41.1 Å². The standard InChI is InChI=1S/C30H31F5O8/c1-5-30(4,28(39)43-16-14-41-26(37)20-21(31)23(33)25(35)24(34)22(20)32)17-29(2,3)27(38)42-15-13-40-19(36)12-11-18-9-7-6-8-10-18/h6-12H,5,13-17H2,1-4H3/b12-11+. The molecule has 0 aliphatic heterocycles. The van der Waals surface area contributed by atoms with E-state index >= 15 is 0 Å². The number of carbonyl (C=O) groups excluding carboxylic acids is 4. The molecule has 0 amide bonds. The van der Waals surface area contributed by atoms with Gasteiger partial charge in [0.25, 0.3) is 0 Å². The van der Waals surface area contributed by atoms with E-state index in [0.717, 1.165) is 5.56 Å². The van der Waals surface area contributed by atoms with Crippen molar-refractivity contribution < 1.29 is 60.1 Å². The summed E-state index contributed by atoms with van der Waals surface area (Å²) in [6, 6.07) is 9.06. The third-order valence-electron chi connectivity index (χ3n) is 6.39. The number of halogens is 5. The van der Waals surface area contributed by atoms with Crippen molar-refractivity contribution in [2.45, 2.75) is 40.5 Å². The second kappa shape index (κ2) is 15.3. The van der Waals surface area contributed by atoms with Crippen LogP contribution < -0.4 is 0 Å². The molecule has 0 N–H and O–H groups in total. The second-order valence-corrected chi connectivity index (χ2v) is 10.2. The van der Waals surface area contributed by atoms with E-state index in [1.54, 1.807) is 25.1 Å². The molecule has 2 aromatic rings. The molecule has 1 atom stereocenters. The van der Waals surface area contributed by atoms with Gasteiger partial charge in [0.05, 0.1) is 10.8 Å². The van der Waals surface area contributed by atoms with Crippen molar-refractivity contribution in [1.29, 1.82) is 0 Å². The van der Waals surface area contributed by atoms with E-state index < -0.39 is 82.6 Å². The SMILES string of the molecule is CCC(C)(CC(C)(C)C(=O)OCCOC(=O)/C=C/c1ccccc1)C(=O)OCCOC(=O)c1c(F)c(F)c(F)c(F)c1F. The van der Waals surface area contributed by atoms with Crippen LogP contribution >= 0.6 is 0 Å². The number of hydrogen-bond acceptors (Lipinski definition) is 8. The zero-order chi connectivity index (χ0) is 32.4. The van der Waals surface area contributed by atoms with Crippen molar-refractivity contribution in [3.05, 3.63) is 76.6 Å². The van der Waals surface area contributed by atoms with Crippen LogP contribution in [0.3, 0.4) is 0 Å². The maximum absolute atomic E-state index is 13.8. The number of benzene rings is 2. The molecule has 0 saturated carbocycles. The third kappa shape index (κ3) is 9.35. The predicted molar refractivity (Wildman–Crippen MR) is 142 cm³/mol. The summed E-state index contributed by atoms with van der Waals surface area (Å²) in [5.74, 6) is -15.7. The first-order valence-electron chi connectivity index (χ1n) is 13.1. The zero-order valence-corrected chi connectivity index (χ0v) is 23.9. The molecule has 8 nitrogen and oxygen atoms in total. The van der Waals surface area contributed by atoms with E-state index in [1.807, 2.05) is 18.2 Å². The number of esters is 4. The molecule has 234 valence electrons. The van der Waals surface area contributed by atoms with Crippen LogP contribution in [-0.4, -0.2) is 50.3 Å². The van der Waals surface area contributed by atoms with Crippen LogP contribution in [0.5, 0.6) is 0 Å². The summed E-state index contributed by atoms with van der Waals surface area (Å²) in [5, 5.41) is 0. The van der Waals surface area contributed by atoms with Gasteiger partial charge >= 0.3 is 23.9 Å². The van der Waals surface area contributed by atoms with Crippen LogP contribution in [0.4, 0.5) is 22.0 Å². The first-order valence-corrected chi connectivity index (χ1v) is 13.1. The molecule has 0 radical (unpaired) electrons. The quantitative estimate of drug-likeness (QED) is 0.0507. The van der Waals surface area contributed by atoms with Crippen molar-refractivity contribution in [3.8, 4) is 0 Å². The van der Waals surface area contributed by atoms with Gasteiger partial charge in [-0.05, 0) is 45.3 Å². The molecule has 43 heavy (non-hydrogen) atoms. The summed E-state index contributed by atoms with van der Waals surface area (Å²) in [6.45, 7) is 4.47. The molecule has 13 heteroatoms. The molecule has 0 aliphatic carbocycles. The molecule has 0 aliphatic rings. The molecule has 2 rings (SSSR count). The van der Waals surface area contributed by atoms with Crippen LogP contribution in [0.2, 0.25) is 0 Å². The monoisotopic (exact) mass is 614 g/mol. The van der Waals surface area contributed by atoms with Gasteiger partial charge in [-0.25, -0.2) is 31.5 Å². The van der Waals surface area contributed by atoms with Gasteiger partial charge in [0.15, 0.2) is 23.3 Å². The largest absolute Gasteiger partial charge is 0.462 e. The molecular formula is C30H31F5O8. The Kier molecular flexibility index (Phi) is 12.4. The molecule has 0 aromatic heterocycles. The summed E-state index contributed by atoms with van der Waals surface area (Å²) < 4.78 is 87.2. The van der Waals surface area contributed by atoms with E-state index in [-0.39, 0.29) is 26.1 Å². The van der Waals surface area contributed by atoms with Crippen molar-refractivity contribution in [1.82, 2.24) is 0 Å². The van der Waals surface area contributed by atoms with Gasteiger partial charge in [0.2, 0.25) is 5.82 Å². The highest BCUT2D eigenvalue weighted by atomic mass is 19.2. The Hall–Kier alpha value is -4.29. The van der Waals surface area contributed by atoms with Gasteiger partial charge < -0.3 is 18.9 Å². The maximum atomic E-state index is 13.8. The number of hydrogen-bond donors (Lipinski definition) is 0. The Balaban J connectivity index is 1.84.